The molecule has 1 atom stereocenters. The van der Waals surface area contributed by atoms with Crippen LogP contribution in [0.5, 0.6) is 5.75 Å². The normalized spacial score (nSPS) is 14.8. The maximum Gasteiger partial charge on any atom is 0.267 e. The number of ether oxygens (including phenoxy) is 1. The van der Waals surface area contributed by atoms with Gasteiger partial charge in [-0.05, 0) is 44.0 Å². The van der Waals surface area contributed by atoms with Crippen LogP contribution in [0.25, 0.3) is 10.7 Å². The number of para-hydroxylation sites is 1. The lowest BCUT2D eigenvalue weighted by molar-refractivity contribution is -0.122. The molecule has 2 aromatic heterocycles. The first-order chi connectivity index (χ1) is 12.7. The highest BCUT2D eigenvalue weighted by molar-refractivity contribution is 7.15. The van der Waals surface area contributed by atoms with Crippen LogP contribution in [0.1, 0.15) is 36.6 Å². The van der Waals surface area contributed by atoms with Gasteiger partial charge in [-0.1, -0.05) is 23.4 Å². The van der Waals surface area contributed by atoms with E-state index in [9.17, 15) is 4.79 Å². The highest BCUT2D eigenvalue weighted by Gasteiger charge is 2.29. The van der Waals surface area contributed by atoms with E-state index >= 15 is 0 Å². The molecular formula is C19H19N3O3S. The van der Waals surface area contributed by atoms with Crippen LogP contribution < -0.4 is 10.1 Å². The number of rotatable bonds is 7. The molecule has 1 fully saturated rings. The van der Waals surface area contributed by atoms with Crippen LogP contribution in [0.2, 0.25) is 0 Å². The van der Waals surface area contributed by atoms with E-state index in [4.69, 9.17) is 9.26 Å². The first-order valence-electron chi connectivity index (χ1n) is 8.61. The quantitative estimate of drug-likeness (QED) is 0.682. The maximum absolute atomic E-state index is 11.7. The van der Waals surface area contributed by atoms with Crippen molar-refractivity contribution in [3.05, 3.63) is 53.2 Å². The van der Waals surface area contributed by atoms with Crippen LogP contribution in [-0.4, -0.2) is 16.0 Å². The summed E-state index contributed by atoms with van der Waals surface area (Å²) in [5.74, 6) is 2.09. The molecule has 6 nitrogen and oxygen atoms in total. The zero-order chi connectivity index (χ0) is 17.9. The summed E-state index contributed by atoms with van der Waals surface area (Å²) in [6, 6.07) is 13.5. The van der Waals surface area contributed by atoms with Crippen LogP contribution >= 0.6 is 11.3 Å². The Morgan fingerprint density at radius 2 is 2.12 bits per heavy atom. The summed E-state index contributed by atoms with van der Waals surface area (Å²) in [4.78, 5) is 18.1. The smallest absolute Gasteiger partial charge is 0.267 e. The number of amides is 1. The highest BCUT2D eigenvalue weighted by atomic mass is 32.1. The third-order valence-corrected chi connectivity index (χ3v) is 5.19. The Kier molecular flexibility index (Phi) is 4.71. The number of aromatic nitrogens is 2. The van der Waals surface area contributed by atoms with E-state index in [0.29, 0.717) is 18.3 Å². The number of thiophene rings is 1. The standard InChI is InChI=1S/C19H19N3O3S/c1-12(24-14-5-3-2-4-6-14)19-21-17(22-25-19)16-10-9-15(26-16)11-20-18(23)13-7-8-13/h2-6,9-10,12-13H,7-8,11H2,1H3,(H,20,23). The van der Waals surface area contributed by atoms with Crippen molar-refractivity contribution in [3.63, 3.8) is 0 Å². The Labute approximate surface area is 155 Å². The molecule has 134 valence electrons. The molecule has 1 unspecified atom stereocenters. The van der Waals surface area contributed by atoms with Crippen LogP contribution in [0.4, 0.5) is 0 Å². The van der Waals surface area contributed by atoms with E-state index < -0.39 is 0 Å². The summed E-state index contributed by atoms with van der Waals surface area (Å²) in [5.41, 5.74) is 0. The summed E-state index contributed by atoms with van der Waals surface area (Å²) in [5, 5.41) is 7.02. The number of carbonyl (C=O) groups excluding carboxylic acids is 1. The third kappa shape index (κ3) is 3.94. The Morgan fingerprint density at radius 1 is 1.31 bits per heavy atom. The van der Waals surface area contributed by atoms with Gasteiger partial charge in [0, 0.05) is 10.8 Å². The molecule has 0 saturated heterocycles. The van der Waals surface area contributed by atoms with Crippen LogP contribution in [0.3, 0.4) is 0 Å². The predicted octanol–water partition coefficient (Wildman–Crippen LogP) is 3.96. The molecule has 1 aliphatic carbocycles. The number of nitrogens with one attached hydrogen (secondary N) is 1. The highest BCUT2D eigenvalue weighted by Crippen LogP contribution is 2.30. The lowest BCUT2D eigenvalue weighted by atomic mass is 10.3. The average molecular weight is 369 g/mol. The van der Waals surface area contributed by atoms with Gasteiger partial charge in [0.25, 0.3) is 5.89 Å². The van der Waals surface area contributed by atoms with Gasteiger partial charge in [-0.15, -0.1) is 11.3 Å². The van der Waals surface area contributed by atoms with E-state index in [1.54, 1.807) is 11.3 Å². The van der Waals surface area contributed by atoms with Crippen molar-refractivity contribution in [2.75, 3.05) is 0 Å². The topological polar surface area (TPSA) is 77.2 Å². The second-order valence-corrected chi connectivity index (χ2v) is 7.46. The molecule has 0 bridgehead atoms. The predicted molar refractivity (Wildman–Crippen MR) is 97.7 cm³/mol. The summed E-state index contributed by atoms with van der Waals surface area (Å²) in [6.45, 7) is 2.41. The SMILES string of the molecule is CC(Oc1ccccc1)c1nc(-c2ccc(CNC(=O)C3CC3)s2)no1. The van der Waals surface area contributed by atoms with Gasteiger partial charge in [0.1, 0.15) is 5.75 Å². The summed E-state index contributed by atoms with van der Waals surface area (Å²) >= 11 is 1.55. The lowest BCUT2D eigenvalue weighted by Gasteiger charge is -2.09. The van der Waals surface area contributed by atoms with Crippen molar-refractivity contribution in [1.82, 2.24) is 15.5 Å². The largest absolute Gasteiger partial charge is 0.481 e. The fourth-order valence-corrected chi connectivity index (χ4v) is 3.38. The van der Waals surface area contributed by atoms with E-state index in [-0.39, 0.29) is 17.9 Å². The molecule has 1 amide bonds. The van der Waals surface area contributed by atoms with Crippen molar-refractivity contribution in [2.24, 2.45) is 5.92 Å². The van der Waals surface area contributed by atoms with Crippen molar-refractivity contribution < 1.29 is 14.1 Å². The number of hydrogen-bond acceptors (Lipinski definition) is 6. The molecule has 7 heteroatoms. The van der Waals surface area contributed by atoms with Gasteiger partial charge in [0.05, 0.1) is 11.4 Å². The second kappa shape index (κ2) is 7.29. The van der Waals surface area contributed by atoms with E-state index in [1.165, 1.54) is 0 Å². The lowest BCUT2D eigenvalue weighted by Crippen LogP contribution is -2.23. The monoisotopic (exact) mass is 369 g/mol. The molecular weight excluding hydrogens is 350 g/mol. The van der Waals surface area contributed by atoms with Crippen LogP contribution in [0, 0.1) is 5.92 Å². The third-order valence-electron chi connectivity index (χ3n) is 4.11. The molecule has 0 spiro atoms. The van der Waals surface area contributed by atoms with Crippen LogP contribution in [-0.2, 0) is 11.3 Å². The molecule has 0 aliphatic heterocycles. The minimum Gasteiger partial charge on any atom is -0.481 e. The summed E-state index contributed by atoms with van der Waals surface area (Å²) in [6.07, 6.45) is 1.68. The molecule has 1 aliphatic rings. The van der Waals surface area contributed by atoms with Gasteiger partial charge in [-0.2, -0.15) is 4.98 Å². The molecule has 0 radical (unpaired) electrons. The van der Waals surface area contributed by atoms with Crippen molar-refractivity contribution in [2.45, 2.75) is 32.4 Å². The van der Waals surface area contributed by atoms with Gasteiger partial charge in [0.15, 0.2) is 6.10 Å². The molecule has 26 heavy (non-hydrogen) atoms. The first-order valence-corrected chi connectivity index (χ1v) is 9.43. The zero-order valence-corrected chi connectivity index (χ0v) is 15.2. The maximum atomic E-state index is 11.7. The van der Waals surface area contributed by atoms with Gasteiger partial charge in [0.2, 0.25) is 11.7 Å². The van der Waals surface area contributed by atoms with Gasteiger partial charge in [-0.25, -0.2) is 0 Å². The van der Waals surface area contributed by atoms with Gasteiger partial charge >= 0.3 is 0 Å². The fraction of sp³-hybridized carbons (Fsp3) is 0.316. The Bertz CT molecular complexity index is 886. The summed E-state index contributed by atoms with van der Waals surface area (Å²) in [7, 11) is 0. The zero-order valence-electron chi connectivity index (χ0n) is 14.3. The van der Waals surface area contributed by atoms with E-state index in [2.05, 4.69) is 15.5 Å². The molecule has 1 aromatic carbocycles. The number of benzene rings is 1. The number of carbonyl (C=O) groups is 1. The minimum absolute atomic E-state index is 0.147. The molecule has 1 N–H and O–H groups in total. The number of nitrogens with zero attached hydrogens (tertiary/aromatic N) is 2. The van der Waals surface area contributed by atoms with Crippen LogP contribution in [0.15, 0.2) is 47.0 Å². The first kappa shape index (κ1) is 16.8. The minimum atomic E-state index is -0.337. The van der Waals surface area contributed by atoms with E-state index in [1.807, 2.05) is 49.4 Å². The van der Waals surface area contributed by atoms with Crippen molar-refractivity contribution in [1.29, 1.82) is 0 Å². The van der Waals surface area contributed by atoms with Gasteiger partial charge in [-0.3, -0.25) is 4.79 Å². The number of hydrogen-bond donors (Lipinski definition) is 1. The Hall–Kier alpha value is -2.67. The van der Waals surface area contributed by atoms with E-state index in [0.717, 1.165) is 28.3 Å². The van der Waals surface area contributed by atoms with Crippen molar-refractivity contribution in [3.8, 4) is 16.5 Å². The molecule has 1 saturated carbocycles. The molecule has 2 heterocycles. The summed E-state index contributed by atoms with van der Waals surface area (Å²) < 4.78 is 11.2. The fourth-order valence-electron chi connectivity index (χ4n) is 2.51. The average Bonchev–Trinajstić information content (AvgIpc) is 3.19. The Morgan fingerprint density at radius 3 is 2.88 bits per heavy atom. The molecule has 4 rings (SSSR count). The Balaban J connectivity index is 1.38. The second-order valence-electron chi connectivity index (χ2n) is 6.29. The van der Waals surface area contributed by atoms with Crippen molar-refractivity contribution >= 4 is 17.2 Å². The van der Waals surface area contributed by atoms with Gasteiger partial charge < -0.3 is 14.6 Å². The molecule has 3 aromatic rings.